The van der Waals surface area contributed by atoms with Crippen molar-refractivity contribution in [3.05, 3.63) is 29.6 Å². The van der Waals surface area contributed by atoms with E-state index in [0.29, 0.717) is 0 Å². The van der Waals surface area contributed by atoms with Crippen molar-refractivity contribution in [3.8, 4) is 6.07 Å². The Bertz CT molecular complexity index is 413. The van der Waals surface area contributed by atoms with E-state index in [9.17, 15) is 9.90 Å². The smallest absolute Gasteiger partial charge is 0.267 e. The van der Waals surface area contributed by atoms with Crippen LogP contribution >= 0.6 is 0 Å². The first kappa shape index (κ1) is 11.1. The Morgan fingerprint density at radius 1 is 1.53 bits per heavy atom. The summed E-state index contributed by atoms with van der Waals surface area (Å²) in [4.78, 5) is 14.5. The summed E-state index contributed by atoms with van der Waals surface area (Å²) in [5, 5.41) is 26.8. The molecule has 6 nitrogen and oxygen atoms in total. The number of carbonyl (C=O) groups excluding carboxylic acids is 1. The van der Waals surface area contributed by atoms with Gasteiger partial charge >= 0.3 is 0 Å². The summed E-state index contributed by atoms with van der Waals surface area (Å²) < 4.78 is 0. The molecule has 1 aromatic rings. The molecule has 0 bridgehead atoms. The highest BCUT2D eigenvalue weighted by Crippen LogP contribution is 2.14. The molecule has 0 spiro atoms. The van der Waals surface area contributed by atoms with Crippen LogP contribution in [0.3, 0.4) is 0 Å². The second-order valence-electron chi connectivity index (χ2n) is 2.83. The highest BCUT2D eigenvalue weighted by molar-refractivity contribution is 5.90. The van der Waals surface area contributed by atoms with Gasteiger partial charge in [-0.25, -0.2) is 4.98 Å². The van der Waals surface area contributed by atoms with Gasteiger partial charge in [0, 0.05) is 0 Å². The molecule has 0 aliphatic heterocycles. The average molecular weight is 207 g/mol. The minimum absolute atomic E-state index is 0.0281. The van der Waals surface area contributed by atoms with Crippen molar-refractivity contribution in [1.82, 2.24) is 4.98 Å². The number of nitrogens with zero attached hydrogens (tertiary/aromatic N) is 2. The van der Waals surface area contributed by atoms with Crippen molar-refractivity contribution in [2.24, 2.45) is 5.73 Å². The molecular formula is C9H9N3O3. The molecule has 0 aliphatic carbocycles. The Morgan fingerprint density at radius 3 is 2.73 bits per heavy atom. The molecule has 0 saturated heterocycles. The Labute approximate surface area is 85.6 Å². The van der Waals surface area contributed by atoms with Gasteiger partial charge < -0.3 is 15.9 Å². The van der Waals surface area contributed by atoms with Gasteiger partial charge in [0.25, 0.3) is 5.91 Å². The summed E-state index contributed by atoms with van der Waals surface area (Å²) in [5.74, 6) is -0.740. The van der Waals surface area contributed by atoms with Gasteiger partial charge in [0.05, 0.1) is 11.8 Å². The molecule has 1 aromatic heterocycles. The van der Waals surface area contributed by atoms with Crippen LogP contribution in [0.25, 0.3) is 0 Å². The Hall–Kier alpha value is -1.97. The second-order valence-corrected chi connectivity index (χ2v) is 2.83. The van der Waals surface area contributed by atoms with Crippen molar-refractivity contribution in [1.29, 1.82) is 5.26 Å². The molecule has 0 aromatic carbocycles. The lowest BCUT2D eigenvalue weighted by Gasteiger charge is -2.11. The van der Waals surface area contributed by atoms with Crippen LogP contribution in [0.5, 0.6) is 0 Å². The number of rotatable bonds is 3. The monoisotopic (exact) mass is 207 g/mol. The van der Waals surface area contributed by atoms with E-state index in [1.807, 2.05) is 0 Å². The summed E-state index contributed by atoms with van der Waals surface area (Å²) >= 11 is 0. The van der Waals surface area contributed by atoms with Gasteiger partial charge in [0.1, 0.15) is 11.8 Å². The van der Waals surface area contributed by atoms with E-state index in [-0.39, 0.29) is 11.4 Å². The van der Waals surface area contributed by atoms with E-state index < -0.39 is 18.1 Å². The number of primary amides is 1. The normalized spacial score (nSPS) is 13.9. The zero-order valence-corrected chi connectivity index (χ0v) is 7.66. The van der Waals surface area contributed by atoms with Crippen molar-refractivity contribution >= 4 is 5.91 Å². The lowest BCUT2D eigenvalue weighted by molar-refractivity contribution is 0.0497. The summed E-state index contributed by atoms with van der Waals surface area (Å²) in [7, 11) is 0. The van der Waals surface area contributed by atoms with Crippen LogP contribution in [0.2, 0.25) is 0 Å². The van der Waals surface area contributed by atoms with E-state index in [4.69, 9.17) is 16.1 Å². The zero-order chi connectivity index (χ0) is 11.4. The van der Waals surface area contributed by atoms with Crippen LogP contribution in [0.15, 0.2) is 18.2 Å². The van der Waals surface area contributed by atoms with Crippen LogP contribution in [0, 0.1) is 11.3 Å². The molecular weight excluding hydrogens is 198 g/mol. The predicted octanol–water partition coefficient (Wildman–Crippen LogP) is -0.902. The van der Waals surface area contributed by atoms with Gasteiger partial charge in [0.2, 0.25) is 0 Å². The number of nitrogens with two attached hydrogens (primary N) is 1. The Kier molecular flexibility index (Phi) is 3.33. The first-order valence-electron chi connectivity index (χ1n) is 4.08. The maximum Gasteiger partial charge on any atom is 0.267 e. The van der Waals surface area contributed by atoms with Crippen molar-refractivity contribution in [2.45, 2.75) is 12.2 Å². The summed E-state index contributed by atoms with van der Waals surface area (Å²) in [6.45, 7) is 0. The molecule has 0 saturated carbocycles. The number of carbonyl (C=O) groups is 1. The van der Waals surface area contributed by atoms with Gasteiger partial charge in [-0.1, -0.05) is 6.07 Å². The fraction of sp³-hybridized carbons (Fsp3) is 0.222. The number of aliphatic hydroxyl groups is 2. The molecule has 15 heavy (non-hydrogen) atoms. The first-order valence-corrected chi connectivity index (χ1v) is 4.08. The van der Waals surface area contributed by atoms with Gasteiger partial charge in [-0.3, -0.25) is 4.79 Å². The van der Waals surface area contributed by atoms with Crippen LogP contribution in [0.1, 0.15) is 22.3 Å². The highest BCUT2D eigenvalue weighted by Gasteiger charge is 2.19. The number of aliphatic hydroxyl groups excluding tert-OH is 2. The highest BCUT2D eigenvalue weighted by atomic mass is 16.3. The second kappa shape index (κ2) is 4.50. The van der Waals surface area contributed by atoms with E-state index >= 15 is 0 Å². The molecule has 2 unspecified atom stereocenters. The number of amides is 1. The topological polar surface area (TPSA) is 120 Å². The Morgan fingerprint density at radius 2 is 2.20 bits per heavy atom. The lowest BCUT2D eigenvalue weighted by Crippen LogP contribution is -2.19. The molecule has 0 fully saturated rings. The molecule has 2 atom stereocenters. The van der Waals surface area contributed by atoms with Crippen LogP contribution < -0.4 is 5.73 Å². The molecule has 0 radical (unpaired) electrons. The largest absolute Gasteiger partial charge is 0.383 e. The Balaban J connectivity index is 3.01. The number of aromatic nitrogens is 1. The van der Waals surface area contributed by atoms with Crippen LogP contribution in [-0.2, 0) is 0 Å². The molecule has 0 aliphatic rings. The van der Waals surface area contributed by atoms with Crippen molar-refractivity contribution in [3.63, 3.8) is 0 Å². The fourth-order valence-corrected chi connectivity index (χ4v) is 0.986. The third kappa shape index (κ3) is 2.49. The average Bonchev–Trinajstić information content (AvgIpc) is 2.27. The molecule has 6 heteroatoms. The van der Waals surface area contributed by atoms with Crippen LogP contribution in [0.4, 0.5) is 0 Å². The standard InChI is InChI=1S/C9H9N3O3/c10-4-7(13)8(14)5-2-1-3-6(12-5)9(11)15/h1-3,7-8,13-14H,(H2,11,15). The third-order valence-electron chi connectivity index (χ3n) is 1.76. The maximum atomic E-state index is 10.8. The van der Waals surface area contributed by atoms with Gasteiger partial charge in [-0.15, -0.1) is 0 Å². The van der Waals surface area contributed by atoms with E-state index in [1.54, 1.807) is 0 Å². The molecule has 1 rings (SSSR count). The molecule has 1 amide bonds. The first-order chi connectivity index (χ1) is 7.06. The number of pyridine rings is 1. The summed E-state index contributed by atoms with van der Waals surface area (Å²) in [5.41, 5.74) is 4.98. The van der Waals surface area contributed by atoms with Crippen molar-refractivity contribution < 1.29 is 15.0 Å². The summed E-state index contributed by atoms with van der Waals surface area (Å²) in [6.07, 6.45) is -3.03. The minimum Gasteiger partial charge on any atom is -0.383 e. The minimum atomic E-state index is -1.58. The number of hydrogen-bond acceptors (Lipinski definition) is 5. The van der Waals surface area contributed by atoms with E-state index in [0.717, 1.165) is 0 Å². The number of hydrogen-bond donors (Lipinski definition) is 3. The SMILES string of the molecule is N#CC(O)C(O)c1cccc(C(N)=O)n1. The zero-order valence-electron chi connectivity index (χ0n) is 7.66. The quantitative estimate of drug-likeness (QED) is 0.554. The van der Waals surface area contributed by atoms with Gasteiger partial charge in [0.15, 0.2) is 6.10 Å². The van der Waals surface area contributed by atoms with Gasteiger partial charge in [-0.2, -0.15) is 5.26 Å². The molecule has 4 N–H and O–H groups in total. The maximum absolute atomic E-state index is 10.8. The third-order valence-corrected chi connectivity index (χ3v) is 1.76. The fourth-order valence-electron chi connectivity index (χ4n) is 0.986. The number of nitriles is 1. The lowest BCUT2D eigenvalue weighted by atomic mass is 10.1. The van der Waals surface area contributed by atoms with Gasteiger partial charge in [-0.05, 0) is 12.1 Å². The van der Waals surface area contributed by atoms with Crippen LogP contribution in [-0.4, -0.2) is 27.2 Å². The van der Waals surface area contributed by atoms with E-state index in [2.05, 4.69) is 4.98 Å². The molecule has 1 heterocycles. The summed E-state index contributed by atoms with van der Waals surface area (Å²) in [6, 6.07) is 5.67. The van der Waals surface area contributed by atoms with Crippen molar-refractivity contribution in [2.75, 3.05) is 0 Å². The predicted molar refractivity (Wildman–Crippen MR) is 49.3 cm³/mol. The van der Waals surface area contributed by atoms with E-state index in [1.165, 1.54) is 24.3 Å². The molecule has 78 valence electrons.